The Hall–Kier alpha value is -2.14. The minimum atomic E-state index is 0.271. The van der Waals surface area contributed by atoms with Crippen molar-refractivity contribution in [3.63, 3.8) is 0 Å². The molecule has 0 fully saturated rings. The van der Waals surface area contributed by atoms with Crippen LogP contribution in [0.5, 0.6) is 5.75 Å². The molecule has 1 aromatic carbocycles. The molecule has 5 nitrogen and oxygen atoms in total. The summed E-state index contributed by atoms with van der Waals surface area (Å²) in [6.45, 7) is 1.00. The molecule has 2 rings (SSSR count). The Bertz CT molecular complexity index is 532. The largest absolute Gasteiger partial charge is 0.488 e. The van der Waals surface area contributed by atoms with Gasteiger partial charge in [-0.25, -0.2) is 9.97 Å². The van der Waals surface area contributed by atoms with Gasteiger partial charge in [-0.15, -0.1) is 0 Å². The van der Waals surface area contributed by atoms with Crippen LogP contribution in [0.2, 0.25) is 0 Å². The zero-order valence-electron chi connectivity index (χ0n) is 11.6. The van der Waals surface area contributed by atoms with Crippen LogP contribution < -0.4 is 10.5 Å². The molecule has 0 bridgehead atoms. The Morgan fingerprint density at radius 3 is 2.65 bits per heavy atom. The minimum Gasteiger partial charge on any atom is -0.488 e. The first kappa shape index (κ1) is 14.3. The molecule has 0 aliphatic heterocycles. The van der Waals surface area contributed by atoms with Crippen molar-refractivity contribution in [3.8, 4) is 5.75 Å². The van der Waals surface area contributed by atoms with E-state index in [0.29, 0.717) is 19.0 Å². The van der Waals surface area contributed by atoms with E-state index >= 15 is 0 Å². The van der Waals surface area contributed by atoms with Crippen LogP contribution in [-0.2, 0) is 17.6 Å². The SMILES string of the molecule is COCCOc1cnc(N)nc1CCc1ccccc1. The molecule has 20 heavy (non-hydrogen) atoms. The van der Waals surface area contributed by atoms with Crippen molar-refractivity contribution in [1.82, 2.24) is 9.97 Å². The van der Waals surface area contributed by atoms with Crippen LogP contribution >= 0.6 is 0 Å². The van der Waals surface area contributed by atoms with Crippen molar-refractivity contribution in [2.24, 2.45) is 0 Å². The van der Waals surface area contributed by atoms with Crippen molar-refractivity contribution in [2.75, 3.05) is 26.1 Å². The monoisotopic (exact) mass is 273 g/mol. The van der Waals surface area contributed by atoms with E-state index in [-0.39, 0.29) is 5.95 Å². The van der Waals surface area contributed by atoms with Crippen LogP contribution in [-0.4, -0.2) is 30.3 Å². The lowest BCUT2D eigenvalue weighted by Gasteiger charge is -2.10. The van der Waals surface area contributed by atoms with Gasteiger partial charge in [-0.2, -0.15) is 0 Å². The summed E-state index contributed by atoms with van der Waals surface area (Å²) in [6, 6.07) is 10.2. The molecule has 0 saturated heterocycles. The fourth-order valence-corrected chi connectivity index (χ4v) is 1.86. The van der Waals surface area contributed by atoms with Gasteiger partial charge in [0.25, 0.3) is 0 Å². The first-order chi connectivity index (χ1) is 9.79. The van der Waals surface area contributed by atoms with Crippen LogP contribution in [0.1, 0.15) is 11.3 Å². The number of ether oxygens (including phenoxy) is 2. The number of methoxy groups -OCH3 is 1. The van der Waals surface area contributed by atoms with Gasteiger partial charge in [0.1, 0.15) is 6.61 Å². The minimum absolute atomic E-state index is 0.271. The summed E-state index contributed by atoms with van der Waals surface area (Å²) >= 11 is 0. The number of hydrogen-bond acceptors (Lipinski definition) is 5. The molecule has 0 radical (unpaired) electrons. The van der Waals surface area contributed by atoms with Gasteiger partial charge in [-0.05, 0) is 18.4 Å². The summed E-state index contributed by atoms with van der Waals surface area (Å²) in [7, 11) is 1.64. The van der Waals surface area contributed by atoms with Gasteiger partial charge in [-0.3, -0.25) is 0 Å². The number of nitrogens with two attached hydrogens (primary N) is 1. The molecule has 0 atom stereocenters. The topological polar surface area (TPSA) is 70.3 Å². The fourth-order valence-electron chi connectivity index (χ4n) is 1.86. The third-order valence-electron chi connectivity index (χ3n) is 2.89. The van der Waals surface area contributed by atoms with Gasteiger partial charge in [-0.1, -0.05) is 30.3 Å². The summed E-state index contributed by atoms with van der Waals surface area (Å²) in [5.74, 6) is 0.944. The van der Waals surface area contributed by atoms with Crippen molar-refractivity contribution in [2.45, 2.75) is 12.8 Å². The van der Waals surface area contributed by atoms with E-state index in [1.807, 2.05) is 18.2 Å². The molecule has 5 heteroatoms. The number of rotatable bonds is 7. The third-order valence-corrected chi connectivity index (χ3v) is 2.89. The quantitative estimate of drug-likeness (QED) is 0.780. The van der Waals surface area contributed by atoms with E-state index in [1.165, 1.54) is 5.56 Å². The van der Waals surface area contributed by atoms with Gasteiger partial charge in [0.15, 0.2) is 5.75 Å². The lowest BCUT2D eigenvalue weighted by Crippen LogP contribution is -2.09. The number of anilines is 1. The predicted molar refractivity (Wildman–Crippen MR) is 77.7 cm³/mol. The van der Waals surface area contributed by atoms with Crippen LogP contribution in [0.4, 0.5) is 5.95 Å². The first-order valence-electron chi connectivity index (χ1n) is 6.56. The molecule has 0 spiro atoms. The van der Waals surface area contributed by atoms with E-state index in [2.05, 4.69) is 22.1 Å². The number of aromatic nitrogens is 2. The van der Waals surface area contributed by atoms with Gasteiger partial charge >= 0.3 is 0 Å². The Morgan fingerprint density at radius 1 is 1.10 bits per heavy atom. The van der Waals surface area contributed by atoms with Crippen LogP contribution in [0.15, 0.2) is 36.5 Å². The van der Waals surface area contributed by atoms with Crippen LogP contribution in [0.3, 0.4) is 0 Å². The van der Waals surface area contributed by atoms with E-state index in [0.717, 1.165) is 18.5 Å². The average molecular weight is 273 g/mol. The van der Waals surface area contributed by atoms with Crippen molar-refractivity contribution < 1.29 is 9.47 Å². The summed E-state index contributed by atoms with van der Waals surface area (Å²) in [5.41, 5.74) is 7.74. The van der Waals surface area contributed by atoms with Crippen molar-refractivity contribution >= 4 is 5.95 Å². The number of aryl methyl sites for hydroxylation is 2. The Balaban J connectivity index is 2.03. The first-order valence-corrected chi connectivity index (χ1v) is 6.56. The molecular weight excluding hydrogens is 254 g/mol. The van der Waals surface area contributed by atoms with Crippen LogP contribution in [0, 0.1) is 0 Å². The Morgan fingerprint density at radius 2 is 1.90 bits per heavy atom. The molecule has 0 amide bonds. The molecule has 0 unspecified atom stereocenters. The molecule has 106 valence electrons. The summed E-state index contributed by atoms with van der Waals surface area (Å²) in [4.78, 5) is 8.24. The maximum atomic E-state index is 5.65. The number of benzene rings is 1. The van der Waals surface area contributed by atoms with Crippen molar-refractivity contribution in [3.05, 3.63) is 47.8 Å². The zero-order chi connectivity index (χ0) is 14.2. The number of hydrogen-bond donors (Lipinski definition) is 1. The molecular formula is C15H19N3O2. The van der Waals surface area contributed by atoms with Gasteiger partial charge in [0.05, 0.1) is 18.5 Å². The third kappa shape index (κ3) is 4.20. The predicted octanol–water partition coefficient (Wildman–Crippen LogP) is 1.87. The molecule has 0 aliphatic rings. The van der Waals surface area contributed by atoms with Gasteiger partial charge < -0.3 is 15.2 Å². The van der Waals surface area contributed by atoms with Crippen LogP contribution in [0.25, 0.3) is 0 Å². The summed E-state index contributed by atoms with van der Waals surface area (Å²) < 4.78 is 10.6. The number of nitrogen functional groups attached to an aromatic ring is 1. The zero-order valence-corrected chi connectivity index (χ0v) is 11.6. The molecule has 0 aliphatic carbocycles. The molecule has 1 aromatic heterocycles. The second-order valence-corrected chi connectivity index (χ2v) is 4.37. The highest BCUT2D eigenvalue weighted by atomic mass is 16.5. The maximum Gasteiger partial charge on any atom is 0.220 e. The summed E-state index contributed by atoms with van der Waals surface area (Å²) in [6.07, 6.45) is 3.27. The van der Waals surface area contributed by atoms with E-state index in [9.17, 15) is 0 Å². The fraction of sp³-hybridized carbons (Fsp3) is 0.333. The average Bonchev–Trinajstić information content (AvgIpc) is 2.48. The van der Waals surface area contributed by atoms with E-state index in [4.69, 9.17) is 15.2 Å². The van der Waals surface area contributed by atoms with Gasteiger partial charge in [0, 0.05) is 7.11 Å². The second kappa shape index (κ2) is 7.45. The Labute approximate surface area is 118 Å². The lowest BCUT2D eigenvalue weighted by atomic mass is 10.1. The Kier molecular flexibility index (Phi) is 5.32. The molecule has 1 heterocycles. The highest BCUT2D eigenvalue weighted by Crippen LogP contribution is 2.18. The highest BCUT2D eigenvalue weighted by Gasteiger charge is 2.08. The molecule has 2 N–H and O–H groups in total. The number of nitrogens with zero attached hydrogens (tertiary/aromatic N) is 2. The highest BCUT2D eigenvalue weighted by molar-refractivity contribution is 5.31. The molecule has 0 saturated carbocycles. The second-order valence-electron chi connectivity index (χ2n) is 4.37. The van der Waals surface area contributed by atoms with E-state index in [1.54, 1.807) is 13.3 Å². The lowest BCUT2D eigenvalue weighted by molar-refractivity contribution is 0.145. The summed E-state index contributed by atoms with van der Waals surface area (Å²) in [5, 5.41) is 0. The standard InChI is InChI=1S/C15H19N3O2/c1-19-9-10-20-14-11-17-15(16)18-13(14)8-7-12-5-3-2-4-6-12/h2-6,11H,7-10H2,1H3,(H2,16,17,18). The smallest absolute Gasteiger partial charge is 0.220 e. The van der Waals surface area contributed by atoms with E-state index < -0.39 is 0 Å². The molecule has 2 aromatic rings. The maximum absolute atomic E-state index is 5.65. The van der Waals surface area contributed by atoms with Gasteiger partial charge in [0.2, 0.25) is 5.95 Å². The normalized spacial score (nSPS) is 10.4. The van der Waals surface area contributed by atoms with Crippen molar-refractivity contribution in [1.29, 1.82) is 0 Å².